The van der Waals surface area contributed by atoms with Gasteiger partial charge in [-0.1, -0.05) is 0 Å². The van der Waals surface area contributed by atoms with Crippen LogP contribution in [0.1, 0.15) is 0 Å². The molecule has 2 radical (unpaired) electrons. The molecule has 0 rings (SSSR count). The van der Waals surface area contributed by atoms with E-state index in [0.717, 1.165) is 0 Å². The quantitative estimate of drug-likeness (QED) is 0.223. The van der Waals surface area contributed by atoms with Crippen molar-refractivity contribution in [3.63, 3.8) is 0 Å². The average Bonchev–Trinajstić information content (AvgIpc) is 1.35. The van der Waals surface area contributed by atoms with E-state index in [1.807, 2.05) is 0 Å². The minimum atomic E-state index is -5.09. The Morgan fingerprint density at radius 1 is 1.40 bits per heavy atom. The maximum absolute atomic E-state index is 9.00. The summed E-state index contributed by atoms with van der Waals surface area (Å²) in [7, 11) is -5.09. The van der Waals surface area contributed by atoms with Crippen molar-refractivity contribution in [2.45, 2.75) is 0 Å². The molecule has 0 heterocycles. The van der Waals surface area contributed by atoms with Crippen molar-refractivity contribution in [2.24, 2.45) is 0 Å². The van der Waals surface area contributed by atoms with Gasteiger partial charge in [0.05, 0.1) is 7.82 Å². The molecule has 0 aliphatic carbocycles. The summed E-state index contributed by atoms with van der Waals surface area (Å²) in [5.74, 6) is 0. The van der Waals surface area contributed by atoms with E-state index in [0.29, 0.717) is 0 Å². The van der Waals surface area contributed by atoms with Crippen LogP contribution < -0.4 is 9.79 Å². The molecular formula is HBaCrCuO5PZn+7. The number of phosphoric acid groups is 1. The summed E-state index contributed by atoms with van der Waals surface area (Å²) in [6, 6.07) is 0. The van der Waals surface area contributed by atoms with E-state index in [1.165, 1.54) is 0 Å². The molecule has 0 unspecified atom stereocenters. The smallest absolute Gasteiger partial charge is 0.788 e. The number of hydrogen-bond donors (Lipinski definition) is 1. The molecule has 0 aliphatic heterocycles. The maximum atomic E-state index is 9.00. The van der Waals surface area contributed by atoms with Gasteiger partial charge in [0.25, 0.3) is 0 Å². The van der Waals surface area contributed by atoms with Crippen molar-refractivity contribution in [2.75, 3.05) is 0 Å². The molecule has 0 saturated carbocycles. The summed E-state index contributed by atoms with van der Waals surface area (Å²) in [5.41, 5.74) is 0. The first-order valence-corrected chi connectivity index (χ1v) is 2.37. The maximum Gasteiger partial charge on any atom is 3.00 e. The van der Waals surface area contributed by atoms with Crippen molar-refractivity contribution in [1.82, 2.24) is 0 Å². The van der Waals surface area contributed by atoms with E-state index in [1.54, 1.807) is 0 Å². The first kappa shape index (κ1) is 29.2. The van der Waals surface area contributed by atoms with Crippen molar-refractivity contribution in [3.05, 3.63) is 0 Å². The Morgan fingerprint density at radius 3 is 1.50 bits per heavy atom. The Morgan fingerprint density at radius 2 is 1.50 bits per heavy atom. The molecule has 0 aromatic heterocycles. The molecule has 5 nitrogen and oxygen atoms in total. The fourth-order valence-electron chi connectivity index (χ4n) is 0. The first-order chi connectivity index (χ1) is 2.56. The Bertz CT molecular complexity index is 85.7. The van der Waals surface area contributed by atoms with Crippen LogP contribution in [0.15, 0.2) is 0 Å². The van der Waals surface area contributed by atoms with E-state index in [2.05, 4.69) is 4.67 Å². The first-order valence-electron chi connectivity index (χ1n) is 0.913. The minimum absolute atomic E-state index is 0. The van der Waals surface area contributed by atoms with E-state index in [4.69, 9.17) is 19.6 Å². The summed E-state index contributed by atoms with van der Waals surface area (Å²) in [6.45, 7) is 0. The molecule has 0 aromatic carbocycles. The zero-order chi connectivity index (χ0) is 5.21. The standard InChI is InChI=1S/Ba.Cr.Cu.H3O5P.Zn/c;;;1-5-6(2,3)4;/h;;;1H,(H2,2,3,4);/q+2;+3;+2;;+2/p-2. The minimum Gasteiger partial charge on any atom is -0.788 e. The van der Waals surface area contributed by atoms with E-state index in [9.17, 15) is 0 Å². The van der Waals surface area contributed by atoms with Crippen LogP contribution in [0, 0.1) is 0 Å². The second-order valence-corrected chi connectivity index (χ2v) is 1.59. The Hall–Kier alpha value is 3.32. The molecule has 50 valence electrons. The van der Waals surface area contributed by atoms with Crippen LogP contribution in [-0.4, -0.2) is 54.1 Å². The zero-order valence-corrected chi connectivity index (χ0v) is 15.2. The van der Waals surface area contributed by atoms with Gasteiger partial charge in [0.15, 0.2) is 0 Å². The van der Waals surface area contributed by atoms with Crippen molar-refractivity contribution in [3.8, 4) is 0 Å². The summed E-state index contributed by atoms with van der Waals surface area (Å²) in [6.07, 6.45) is 0. The van der Waals surface area contributed by atoms with Gasteiger partial charge >= 0.3 is 103 Å². The second-order valence-electron chi connectivity index (χ2n) is 0.529. The molecule has 0 bridgehead atoms. The van der Waals surface area contributed by atoms with Gasteiger partial charge in [0.2, 0.25) is 0 Å². The van der Waals surface area contributed by atoms with Gasteiger partial charge < -0.3 is 14.4 Å². The molecule has 1 N–H and O–H groups in total. The summed E-state index contributed by atoms with van der Waals surface area (Å²) < 4.78 is 11.4. The van der Waals surface area contributed by atoms with Crippen molar-refractivity contribution < 1.29 is 78.2 Å². The number of hydrogen-bond acceptors (Lipinski definition) is 5. The van der Waals surface area contributed by atoms with Gasteiger partial charge in [-0.25, -0.2) is 9.93 Å². The topological polar surface area (TPSA) is 92.7 Å². The van der Waals surface area contributed by atoms with Crippen LogP contribution in [0.5, 0.6) is 0 Å². The van der Waals surface area contributed by atoms with Crippen LogP contribution in [0.4, 0.5) is 0 Å². The van der Waals surface area contributed by atoms with E-state index < -0.39 is 7.82 Å². The largest absolute Gasteiger partial charge is 3.00 e. The van der Waals surface area contributed by atoms with Gasteiger partial charge in [0.1, 0.15) is 0 Å². The third-order valence-electron chi connectivity index (χ3n) is 0.100. The third-order valence-corrected chi connectivity index (χ3v) is 0.300. The van der Waals surface area contributed by atoms with Gasteiger partial charge in [0, 0.05) is 0 Å². The average molecular weight is 430 g/mol. The predicted molar refractivity (Wildman–Crippen MR) is 17.1 cm³/mol. The van der Waals surface area contributed by atoms with Crippen LogP contribution in [-0.2, 0) is 63.1 Å². The van der Waals surface area contributed by atoms with Crippen molar-refractivity contribution >= 4 is 56.7 Å². The van der Waals surface area contributed by atoms with Crippen LogP contribution >= 0.6 is 7.82 Å². The van der Waals surface area contributed by atoms with Crippen LogP contribution in [0.2, 0.25) is 0 Å². The van der Waals surface area contributed by atoms with Gasteiger partial charge in [-0.3, -0.25) is 0 Å². The monoisotopic (exact) mass is 429 g/mol. The second kappa shape index (κ2) is 14.8. The van der Waals surface area contributed by atoms with E-state index >= 15 is 0 Å². The Balaban J connectivity index is -0.0000000208. The summed E-state index contributed by atoms with van der Waals surface area (Å²) in [4.78, 5) is 18.0. The van der Waals surface area contributed by atoms with Gasteiger partial charge in [-0.15, -0.1) is 0 Å². The zero-order valence-electron chi connectivity index (χ0n) is 4.65. The predicted octanol–water partition coefficient (Wildman–Crippen LogP) is -2.08. The Kier molecular flexibility index (Phi) is 43.3. The molecule has 0 amide bonds. The van der Waals surface area contributed by atoms with Gasteiger partial charge in [-0.05, 0) is 0 Å². The normalized spacial score (nSPS) is 7.10. The van der Waals surface area contributed by atoms with Crippen LogP contribution in [0.25, 0.3) is 0 Å². The summed E-state index contributed by atoms with van der Waals surface area (Å²) in [5, 5.41) is 7.01. The molecule has 0 aromatic rings. The van der Waals surface area contributed by atoms with Gasteiger partial charge in [-0.2, -0.15) is 0 Å². The molecule has 0 atom stereocenters. The van der Waals surface area contributed by atoms with Crippen LogP contribution in [0.3, 0.4) is 0 Å². The fourth-order valence-corrected chi connectivity index (χ4v) is 0. The molecule has 10 heavy (non-hydrogen) atoms. The molecular weight excluding hydrogens is 429 g/mol. The Labute approximate surface area is 132 Å². The molecule has 0 aliphatic rings. The number of rotatable bonds is 1. The molecule has 0 fully saturated rings. The molecule has 10 heteroatoms. The molecule has 0 spiro atoms. The SMILES string of the molecule is O=P([O-])([O-])OO.[Ba+2].[Cr+3].[Cu+2].[Zn+2]. The molecule has 0 saturated heterocycles. The summed E-state index contributed by atoms with van der Waals surface area (Å²) >= 11 is 0. The third kappa shape index (κ3) is 30.2. The fraction of sp³-hybridized carbons (Fsp3) is 0. The van der Waals surface area contributed by atoms with E-state index in [-0.39, 0.29) is 103 Å². The van der Waals surface area contributed by atoms with Crippen molar-refractivity contribution in [1.29, 1.82) is 0 Å².